The molecule has 0 N–H and O–H groups in total. The van der Waals surface area contributed by atoms with Gasteiger partial charge in [0, 0.05) is 11.1 Å². The Labute approximate surface area is 179 Å². The molecule has 1 aromatic heterocycles. The molecule has 4 aromatic rings. The molecule has 152 valence electrons. The van der Waals surface area contributed by atoms with Crippen molar-refractivity contribution in [2.75, 3.05) is 14.2 Å². The van der Waals surface area contributed by atoms with E-state index in [0.717, 1.165) is 22.4 Å². The lowest BCUT2D eigenvalue weighted by Crippen LogP contribution is -2.04. The fourth-order valence-corrected chi connectivity index (χ4v) is 3.72. The highest BCUT2D eigenvalue weighted by molar-refractivity contribution is 6.35. The fraction of sp³-hybridized carbons (Fsp3) is 0.125. The molecule has 4 nitrogen and oxygen atoms in total. The molecule has 1 heterocycles. The number of halogens is 2. The molecule has 0 aliphatic heterocycles. The normalized spacial score (nSPS) is 10.8. The minimum atomic E-state index is -0.290. The van der Waals surface area contributed by atoms with Gasteiger partial charge >= 0.3 is 0 Å². The molecule has 3 aromatic carbocycles. The Bertz CT molecular complexity index is 1190. The van der Waals surface area contributed by atoms with Crippen LogP contribution in [0, 0.1) is 5.82 Å². The molecule has 0 aliphatic carbocycles. The minimum absolute atomic E-state index is 0.290. The molecule has 30 heavy (non-hydrogen) atoms. The van der Waals surface area contributed by atoms with Gasteiger partial charge in [-0.2, -0.15) is 5.10 Å². The number of nitrogens with zero attached hydrogens (tertiary/aromatic N) is 2. The van der Waals surface area contributed by atoms with E-state index in [1.165, 1.54) is 12.1 Å². The quantitative estimate of drug-likeness (QED) is 0.378. The zero-order valence-corrected chi connectivity index (χ0v) is 17.4. The third-order valence-corrected chi connectivity index (χ3v) is 5.16. The van der Waals surface area contributed by atoms with Gasteiger partial charge in [-0.25, -0.2) is 4.39 Å². The van der Waals surface area contributed by atoms with Crippen LogP contribution in [0.15, 0.2) is 72.8 Å². The van der Waals surface area contributed by atoms with Gasteiger partial charge in [-0.1, -0.05) is 48.0 Å². The molecule has 0 spiro atoms. The second-order valence-corrected chi connectivity index (χ2v) is 7.14. The van der Waals surface area contributed by atoms with Crippen LogP contribution in [0.4, 0.5) is 4.39 Å². The van der Waals surface area contributed by atoms with Crippen LogP contribution in [-0.4, -0.2) is 24.0 Å². The maximum absolute atomic E-state index is 13.7. The molecule has 0 fully saturated rings. The first-order valence-corrected chi connectivity index (χ1v) is 9.76. The van der Waals surface area contributed by atoms with Crippen LogP contribution in [0.3, 0.4) is 0 Å². The van der Waals surface area contributed by atoms with Crippen molar-refractivity contribution < 1.29 is 13.9 Å². The second-order valence-electron chi connectivity index (χ2n) is 6.76. The van der Waals surface area contributed by atoms with Gasteiger partial charge < -0.3 is 9.47 Å². The van der Waals surface area contributed by atoms with Crippen molar-refractivity contribution in [1.82, 2.24) is 9.78 Å². The van der Waals surface area contributed by atoms with Gasteiger partial charge in [0.25, 0.3) is 0 Å². The first kappa shape index (κ1) is 20.0. The average Bonchev–Trinajstić information content (AvgIpc) is 3.09. The Morgan fingerprint density at radius 1 is 0.867 bits per heavy atom. The van der Waals surface area contributed by atoms with Crippen LogP contribution in [0.25, 0.3) is 22.5 Å². The van der Waals surface area contributed by atoms with E-state index in [2.05, 4.69) is 0 Å². The van der Waals surface area contributed by atoms with Gasteiger partial charge in [0.15, 0.2) is 0 Å². The maximum Gasteiger partial charge on any atom is 0.123 e. The summed E-state index contributed by atoms with van der Waals surface area (Å²) in [7, 11) is 3.23. The fourth-order valence-electron chi connectivity index (χ4n) is 3.36. The smallest absolute Gasteiger partial charge is 0.123 e. The summed E-state index contributed by atoms with van der Waals surface area (Å²) >= 11 is 6.85. The number of ether oxygens (including phenoxy) is 2. The Morgan fingerprint density at radius 2 is 1.50 bits per heavy atom. The van der Waals surface area contributed by atoms with Crippen LogP contribution < -0.4 is 9.47 Å². The lowest BCUT2D eigenvalue weighted by molar-refractivity contribution is 0.415. The lowest BCUT2D eigenvalue weighted by atomic mass is 10.1. The molecule has 0 bridgehead atoms. The van der Waals surface area contributed by atoms with E-state index < -0.39 is 0 Å². The second kappa shape index (κ2) is 8.59. The van der Waals surface area contributed by atoms with E-state index in [1.54, 1.807) is 25.0 Å². The predicted molar refractivity (Wildman–Crippen MR) is 117 cm³/mol. The zero-order chi connectivity index (χ0) is 21.1. The Balaban J connectivity index is 1.88. The van der Waals surface area contributed by atoms with Crippen LogP contribution in [0.1, 0.15) is 5.56 Å². The molecular weight excluding hydrogens is 403 g/mol. The van der Waals surface area contributed by atoms with Gasteiger partial charge in [0.2, 0.25) is 0 Å². The third kappa shape index (κ3) is 4.02. The molecule has 0 unspecified atom stereocenters. The van der Waals surface area contributed by atoms with Crippen molar-refractivity contribution in [1.29, 1.82) is 0 Å². The van der Waals surface area contributed by atoms with E-state index in [-0.39, 0.29) is 5.82 Å². The van der Waals surface area contributed by atoms with Gasteiger partial charge in [-0.05, 0) is 42.0 Å². The van der Waals surface area contributed by atoms with Gasteiger partial charge in [0.1, 0.15) is 23.0 Å². The number of methoxy groups -OCH3 is 2. The van der Waals surface area contributed by atoms with Crippen molar-refractivity contribution in [2.24, 2.45) is 0 Å². The molecule has 0 radical (unpaired) electrons. The van der Waals surface area contributed by atoms with E-state index in [4.69, 9.17) is 26.2 Å². The Hall–Kier alpha value is -3.31. The van der Waals surface area contributed by atoms with Gasteiger partial charge in [0.05, 0.1) is 31.5 Å². The molecule has 0 saturated carbocycles. The summed E-state index contributed by atoms with van der Waals surface area (Å²) in [4.78, 5) is 0. The molecular formula is C24H20ClFN2O2. The van der Waals surface area contributed by atoms with Gasteiger partial charge in [-0.15, -0.1) is 0 Å². The summed E-state index contributed by atoms with van der Waals surface area (Å²) in [5, 5.41) is 5.29. The average molecular weight is 423 g/mol. The van der Waals surface area contributed by atoms with E-state index in [1.807, 2.05) is 54.6 Å². The SMILES string of the molecule is COc1cccc(-c2nn(Cc3cccc(F)c3)c(-c3cccc(OC)c3)c2Cl)c1. The predicted octanol–water partition coefficient (Wildman–Crippen LogP) is 6.08. The molecule has 0 atom stereocenters. The highest BCUT2D eigenvalue weighted by atomic mass is 35.5. The first-order chi connectivity index (χ1) is 14.6. The highest BCUT2D eigenvalue weighted by Gasteiger charge is 2.20. The number of hydrogen-bond acceptors (Lipinski definition) is 3. The molecule has 4 rings (SSSR count). The summed E-state index contributed by atoms with van der Waals surface area (Å²) in [6.45, 7) is 0.369. The summed E-state index contributed by atoms with van der Waals surface area (Å²) in [5.41, 5.74) is 3.84. The van der Waals surface area contributed by atoms with E-state index in [0.29, 0.717) is 28.8 Å². The molecule has 6 heteroatoms. The molecule has 0 aliphatic rings. The number of aromatic nitrogens is 2. The number of hydrogen-bond donors (Lipinski definition) is 0. The summed E-state index contributed by atoms with van der Waals surface area (Å²) in [6.07, 6.45) is 0. The largest absolute Gasteiger partial charge is 0.497 e. The Kier molecular flexibility index (Phi) is 5.72. The van der Waals surface area contributed by atoms with E-state index in [9.17, 15) is 4.39 Å². The molecule has 0 saturated heterocycles. The van der Waals surface area contributed by atoms with Crippen LogP contribution in [-0.2, 0) is 6.54 Å². The summed E-state index contributed by atoms with van der Waals surface area (Å²) < 4.78 is 26.2. The first-order valence-electron chi connectivity index (χ1n) is 9.38. The van der Waals surface area contributed by atoms with Crippen LogP contribution >= 0.6 is 11.6 Å². The van der Waals surface area contributed by atoms with Crippen molar-refractivity contribution in [3.63, 3.8) is 0 Å². The number of benzene rings is 3. The summed E-state index contributed by atoms with van der Waals surface area (Å²) in [5.74, 6) is 1.14. The van der Waals surface area contributed by atoms with Crippen molar-refractivity contribution >= 4 is 11.6 Å². The van der Waals surface area contributed by atoms with Crippen LogP contribution in [0.5, 0.6) is 11.5 Å². The highest BCUT2D eigenvalue weighted by Crippen LogP contribution is 2.38. The van der Waals surface area contributed by atoms with Crippen molar-refractivity contribution in [3.8, 4) is 34.0 Å². The van der Waals surface area contributed by atoms with Crippen molar-refractivity contribution in [2.45, 2.75) is 6.54 Å². The topological polar surface area (TPSA) is 36.3 Å². The van der Waals surface area contributed by atoms with E-state index >= 15 is 0 Å². The summed E-state index contributed by atoms with van der Waals surface area (Å²) in [6, 6.07) is 21.6. The Morgan fingerprint density at radius 3 is 2.17 bits per heavy atom. The third-order valence-electron chi connectivity index (χ3n) is 4.80. The minimum Gasteiger partial charge on any atom is -0.497 e. The van der Waals surface area contributed by atoms with Crippen molar-refractivity contribution in [3.05, 3.63) is 89.2 Å². The maximum atomic E-state index is 13.7. The van der Waals surface area contributed by atoms with Gasteiger partial charge in [-0.3, -0.25) is 4.68 Å². The number of rotatable bonds is 6. The standard InChI is InChI=1S/C24H20ClFN2O2/c1-29-20-10-4-7-17(13-20)23-22(25)24(18-8-5-11-21(14-18)30-2)28(27-23)15-16-6-3-9-19(26)12-16/h3-14H,15H2,1-2H3. The lowest BCUT2D eigenvalue weighted by Gasteiger charge is -2.10. The monoisotopic (exact) mass is 422 g/mol. The molecule has 0 amide bonds. The zero-order valence-electron chi connectivity index (χ0n) is 16.6. The van der Waals surface area contributed by atoms with Crippen LogP contribution in [0.2, 0.25) is 5.02 Å².